The van der Waals surface area contributed by atoms with Gasteiger partial charge in [0.1, 0.15) is 5.52 Å². The first-order chi connectivity index (χ1) is 6.40. The number of oxazole rings is 1. The summed E-state index contributed by atoms with van der Waals surface area (Å²) in [5.74, 6) is 1.04. The van der Waals surface area contributed by atoms with E-state index < -0.39 is 0 Å². The standard InChI is InChI=1S/C9H10N2OS/c1-2-5-13-9-11-7-6-10-4-3-8(7)12-9/h3-4,6H,2,5H2,1H3. The van der Waals surface area contributed by atoms with Gasteiger partial charge >= 0.3 is 0 Å². The van der Waals surface area contributed by atoms with Gasteiger partial charge < -0.3 is 4.42 Å². The minimum Gasteiger partial charge on any atom is -0.431 e. The Balaban J connectivity index is 2.28. The molecule has 0 saturated carbocycles. The predicted molar refractivity (Wildman–Crippen MR) is 52.8 cm³/mol. The summed E-state index contributed by atoms with van der Waals surface area (Å²) < 4.78 is 5.48. The van der Waals surface area contributed by atoms with E-state index in [1.54, 1.807) is 24.2 Å². The molecule has 0 atom stereocenters. The van der Waals surface area contributed by atoms with Crippen LogP contribution in [-0.2, 0) is 0 Å². The molecule has 0 bridgehead atoms. The van der Waals surface area contributed by atoms with Crippen LogP contribution in [0.5, 0.6) is 0 Å². The molecule has 4 heteroatoms. The number of thioether (sulfide) groups is 1. The van der Waals surface area contributed by atoms with Crippen LogP contribution in [0, 0.1) is 0 Å². The smallest absolute Gasteiger partial charge is 0.256 e. The van der Waals surface area contributed by atoms with Crippen LogP contribution in [0.4, 0.5) is 0 Å². The molecule has 0 aromatic carbocycles. The number of rotatable bonds is 3. The molecule has 0 aliphatic heterocycles. The second kappa shape index (κ2) is 3.79. The van der Waals surface area contributed by atoms with E-state index in [-0.39, 0.29) is 0 Å². The van der Waals surface area contributed by atoms with E-state index in [9.17, 15) is 0 Å². The number of pyridine rings is 1. The van der Waals surface area contributed by atoms with Gasteiger partial charge in [0.25, 0.3) is 5.22 Å². The highest BCUT2D eigenvalue weighted by atomic mass is 32.2. The van der Waals surface area contributed by atoms with E-state index in [0.29, 0.717) is 0 Å². The van der Waals surface area contributed by atoms with Crippen LogP contribution < -0.4 is 0 Å². The summed E-state index contributed by atoms with van der Waals surface area (Å²) in [6, 6.07) is 1.83. The minimum absolute atomic E-state index is 0.741. The third-order valence-electron chi connectivity index (χ3n) is 1.60. The molecule has 0 fully saturated rings. The molecule has 0 aliphatic carbocycles. The summed E-state index contributed by atoms with van der Waals surface area (Å²) in [7, 11) is 0. The number of nitrogens with zero attached hydrogens (tertiary/aromatic N) is 2. The van der Waals surface area contributed by atoms with Gasteiger partial charge in [-0.1, -0.05) is 18.7 Å². The normalized spacial score (nSPS) is 10.8. The SMILES string of the molecule is CCCSc1nc2cnccc2o1. The van der Waals surface area contributed by atoms with Gasteiger partial charge in [-0.05, 0) is 6.42 Å². The van der Waals surface area contributed by atoms with Crippen molar-refractivity contribution in [1.82, 2.24) is 9.97 Å². The van der Waals surface area contributed by atoms with Crippen LogP contribution in [0.1, 0.15) is 13.3 Å². The highest BCUT2D eigenvalue weighted by molar-refractivity contribution is 7.99. The van der Waals surface area contributed by atoms with E-state index in [0.717, 1.165) is 28.5 Å². The van der Waals surface area contributed by atoms with Crippen LogP contribution in [0.2, 0.25) is 0 Å². The lowest BCUT2D eigenvalue weighted by Gasteiger charge is -1.88. The highest BCUT2D eigenvalue weighted by Crippen LogP contribution is 2.22. The third kappa shape index (κ3) is 1.83. The van der Waals surface area contributed by atoms with Gasteiger partial charge in [0.2, 0.25) is 0 Å². The van der Waals surface area contributed by atoms with Crippen molar-refractivity contribution in [2.45, 2.75) is 18.6 Å². The van der Waals surface area contributed by atoms with Crippen LogP contribution in [-0.4, -0.2) is 15.7 Å². The zero-order chi connectivity index (χ0) is 9.10. The summed E-state index contributed by atoms with van der Waals surface area (Å²) >= 11 is 1.64. The first kappa shape index (κ1) is 8.56. The monoisotopic (exact) mass is 194 g/mol. The van der Waals surface area contributed by atoms with Crippen molar-refractivity contribution in [2.75, 3.05) is 5.75 Å². The van der Waals surface area contributed by atoms with Crippen molar-refractivity contribution >= 4 is 22.9 Å². The maximum atomic E-state index is 5.48. The van der Waals surface area contributed by atoms with Crippen molar-refractivity contribution in [3.63, 3.8) is 0 Å². The van der Waals surface area contributed by atoms with Gasteiger partial charge in [-0.15, -0.1) is 0 Å². The Kier molecular flexibility index (Phi) is 2.49. The van der Waals surface area contributed by atoms with Crippen molar-refractivity contribution < 1.29 is 4.42 Å². The summed E-state index contributed by atoms with van der Waals surface area (Å²) in [4.78, 5) is 8.26. The Labute approximate surface area is 80.6 Å². The molecule has 0 aliphatic rings. The van der Waals surface area contributed by atoms with Crippen molar-refractivity contribution in [3.8, 4) is 0 Å². The molecule has 0 saturated heterocycles. The topological polar surface area (TPSA) is 38.9 Å². The molecular formula is C9H10N2OS. The maximum absolute atomic E-state index is 5.48. The summed E-state index contributed by atoms with van der Waals surface area (Å²) in [6.45, 7) is 2.14. The average Bonchev–Trinajstić information content (AvgIpc) is 2.57. The molecule has 0 amide bonds. The number of hydrogen-bond donors (Lipinski definition) is 0. The van der Waals surface area contributed by atoms with E-state index in [1.165, 1.54) is 0 Å². The fraction of sp³-hybridized carbons (Fsp3) is 0.333. The summed E-state index contributed by atoms with van der Waals surface area (Å²) in [5.41, 5.74) is 1.65. The lowest BCUT2D eigenvalue weighted by Crippen LogP contribution is -1.74. The van der Waals surface area contributed by atoms with E-state index in [1.807, 2.05) is 6.07 Å². The first-order valence-electron chi connectivity index (χ1n) is 4.23. The third-order valence-corrected chi connectivity index (χ3v) is 2.63. The quantitative estimate of drug-likeness (QED) is 0.704. The molecule has 2 heterocycles. The maximum Gasteiger partial charge on any atom is 0.256 e. The van der Waals surface area contributed by atoms with Gasteiger partial charge in [0.05, 0.1) is 6.20 Å². The minimum atomic E-state index is 0.741. The average molecular weight is 194 g/mol. The predicted octanol–water partition coefficient (Wildman–Crippen LogP) is 2.72. The lowest BCUT2D eigenvalue weighted by atomic mass is 10.4. The molecule has 0 unspecified atom stereocenters. The van der Waals surface area contributed by atoms with E-state index >= 15 is 0 Å². The molecule has 2 rings (SSSR count). The van der Waals surface area contributed by atoms with Crippen LogP contribution >= 0.6 is 11.8 Å². The van der Waals surface area contributed by atoms with E-state index in [2.05, 4.69) is 16.9 Å². The number of hydrogen-bond acceptors (Lipinski definition) is 4. The zero-order valence-corrected chi connectivity index (χ0v) is 8.17. The number of aromatic nitrogens is 2. The molecule has 3 nitrogen and oxygen atoms in total. The fourth-order valence-electron chi connectivity index (χ4n) is 1.01. The van der Waals surface area contributed by atoms with Gasteiger partial charge in [0.15, 0.2) is 5.58 Å². The fourth-order valence-corrected chi connectivity index (χ4v) is 1.70. The van der Waals surface area contributed by atoms with Gasteiger partial charge in [0, 0.05) is 18.0 Å². The zero-order valence-electron chi connectivity index (χ0n) is 7.36. The molecule has 0 radical (unpaired) electrons. The largest absolute Gasteiger partial charge is 0.431 e. The summed E-state index contributed by atoms with van der Waals surface area (Å²) in [5, 5.41) is 0.741. The Morgan fingerprint density at radius 1 is 1.54 bits per heavy atom. The number of fused-ring (bicyclic) bond motifs is 1. The van der Waals surface area contributed by atoms with Crippen LogP contribution in [0.3, 0.4) is 0 Å². The molecule has 0 N–H and O–H groups in total. The van der Waals surface area contributed by atoms with Crippen LogP contribution in [0.15, 0.2) is 28.1 Å². The second-order valence-electron chi connectivity index (χ2n) is 2.67. The Bertz CT molecular complexity index is 366. The Morgan fingerprint density at radius 3 is 3.23 bits per heavy atom. The van der Waals surface area contributed by atoms with Crippen molar-refractivity contribution in [1.29, 1.82) is 0 Å². The summed E-state index contributed by atoms with van der Waals surface area (Å²) in [6.07, 6.45) is 4.55. The second-order valence-corrected chi connectivity index (χ2v) is 3.72. The molecule has 2 aromatic heterocycles. The Hall–Kier alpha value is -1.03. The van der Waals surface area contributed by atoms with Gasteiger partial charge in [-0.25, -0.2) is 4.98 Å². The molecule has 13 heavy (non-hydrogen) atoms. The highest BCUT2D eigenvalue weighted by Gasteiger charge is 2.04. The van der Waals surface area contributed by atoms with Gasteiger partial charge in [-0.3, -0.25) is 4.98 Å². The molecule has 2 aromatic rings. The molecule has 68 valence electrons. The molecule has 0 spiro atoms. The van der Waals surface area contributed by atoms with E-state index in [4.69, 9.17) is 4.42 Å². The first-order valence-corrected chi connectivity index (χ1v) is 5.22. The van der Waals surface area contributed by atoms with Gasteiger partial charge in [-0.2, -0.15) is 0 Å². The van der Waals surface area contributed by atoms with Crippen molar-refractivity contribution in [2.24, 2.45) is 0 Å². The van der Waals surface area contributed by atoms with Crippen LogP contribution in [0.25, 0.3) is 11.1 Å². The molecular weight excluding hydrogens is 184 g/mol. The lowest BCUT2D eigenvalue weighted by molar-refractivity contribution is 0.489. The van der Waals surface area contributed by atoms with Crippen molar-refractivity contribution in [3.05, 3.63) is 18.5 Å². The Morgan fingerprint density at radius 2 is 2.46 bits per heavy atom.